The molecule has 1 aromatic carbocycles. The van der Waals surface area contributed by atoms with Gasteiger partial charge in [0.15, 0.2) is 18.2 Å². The van der Waals surface area contributed by atoms with Gasteiger partial charge in [-0.05, 0) is 111 Å². The average molecular weight is 609 g/mol. The number of aromatic amines is 1. The molecular weight excluding hydrogens is 561 g/mol. The predicted molar refractivity (Wildman–Crippen MR) is 172 cm³/mol. The van der Waals surface area contributed by atoms with Gasteiger partial charge in [0.2, 0.25) is 0 Å². The standard InChI is InChI=1S/C34H48N2O4SSi/c1-23-20-32(36-33(23)31-15-10-27(22-35-31)24(2)40-42(6,7)34(3,4)5)30(21-25-16-18-39-19-17-25)26-8-11-28(12-9-26)41(37,38)29-13-14-29/h8-12,15,20,22,24-25,29-30,36H,13-14,16-19,21H2,1-7H3. The van der Waals surface area contributed by atoms with Crippen LogP contribution in [0.5, 0.6) is 0 Å². The van der Waals surface area contributed by atoms with Gasteiger partial charge < -0.3 is 14.1 Å². The molecule has 1 aliphatic carbocycles. The van der Waals surface area contributed by atoms with E-state index in [2.05, 4.69) is 70.9 Å². The van der Waals surface area contributed by atoms with Gasteiger partial charge in [0.1, 0.15) is 0 Å². The fourth-order valence-electron chi connectivity index (χ4n) is 5.74. The first-order valence-electron chi connectivity index (χ1n) is 15.5. The molecule has 2 aliphatic rings. The zero-order valence-electron chi connectivity index (χ0n) is 26.4. The molecule has 1 saturated carbocycles. The fourth-order valence-corrected chi connectivity index (χ4v) is 8.77. The van der Waals surface area contributed by atoms with Crippen LogP contribution in [0.15, 0.2) is 53.6 Å². The summed E-state index contributed by atoms with van der Waals surface area (Å²) in [6.07, 6.45) is 6.59. The summed E-state index contributed by atoms with van der Waals surface area (Å²) >= 11 is 0. The minimum absolute atomic E-state index is 0.0108. The second-order valence-corrected chi connectivity index (χ2v) is 20.9. The Bertz CT molecular complexity index is 1460. The minimum Gasteiger partial charge on any atom is -0.410 e. The lowest BCUT2D eigenvalue weighted by Gasteiger charge is -2.38. The number of benzene rings is 1. The number of sulfone groups is 1. The van der Waals surface area contributed by atoms with E-state index in [1.165, 1.54) is 0 Å². The number of nitrogens with zero attached hydrogens (tertiary/aromatic N) is 1. The molecule has 42 heavy (non-hydrogen) atoms. The first-order chi connectivity index (χ1) is 19.8. The van der Waals surface area contributed by atoms with Crippen LogP contribution in [0.4, 0.5) is 0 Å². The van der Waals surface area contributed by atoms with Crippen LogP contribution in [0, 0.1) is 12.8 Å². The van der Waals surface area contributed by atoms with Crippen molar-refractivity contribution in [1.82, 2.24) is 9.97 Å². The van der Waals surface area contributed by atoms with Crippen molar-refractivity contribution in [2.45, 2.75) is 107 Å². The molecule has 3 heterocycles. The Labute approximate surface area is 253 Å². The lowest BCUT2D eigenvalue weighted by Crippen LogP contribution is -2.41. The normalized spacial score (nSPS) is 18.6. The largest absolute Gasteiger partial charge is 0.410 e. The van der Waals surface area contributed by atoms with Gasteiger partial charge in [-0.2, -0.15) is 0 Å². The van der Waals surface area contributed by atoms with Crippen LogP contribution >= 0.6 is 0 Å². The highest BCUT2D eigenvalue weighted by Crippen LogP contribution is 2.41. The fraction of sp³-hybridized carbons (Fsp3) is 0.559. The Morgan fingerprint density at radius 3 is 2.24 bits per heavy atom. The molecule has 2 unspecified atom stereocenters. The molecule has 8 heteroatoms. The van der Waals surface area contributed by atoms with Gasteiger partial charge in [0.05, 0.1) is 27.6 Å². The third kappa shape index (κ3) is 6.77. The van der Waals surface area contributed by atoms with E-state index in [0.717, 1.165) is 79.1 Å². The van der Waals surface area contributed by atoms with Gasteiger partial charge >= 0.3 is 0 Å². The van der Waals surface area contributed by atoms with Crippen LogP contribution in [-0.4, -0.2) is 45.2 Å². The molecule has 1 saturated heterocycles. The molecule has 5 rings (SSSR count). The van der Waals surface area contributed by atoms with E-state index in [1.807, 2.05) is 30.5 Å². The third-order valence-corrected chi connectivity index (χ3v) is 16.5. The van der Waals surface area contributed by atoms with Crippen molar-refractivity contribution in [3.8, 4) is 11.4 Å². The average Bonchev–Trinajstić information content (AvgIpc) is 3.74. The van der Waals surface area contributed by atoms with Crippen molar-refractivity contribution in [3.05, 3.63) is 71.0 Å². The van der Waals surface area contributed by atoms with Crippen molar-refractivity contribution in [2.24, 2.45) is 5.92 Å². The highest BCUT2D eigenvalue weighted by molar-refractivity contribution is 7.92. The summed E-state index contributed by atoms with van der Waals surface area (Å²) in [5, 5.41) is -0.0465. The van der Waals surface area contributed by atoms with Gasteiger partial charge in [-0.1, -0.05) is 39.0 Å². The molecule has 1 N–H and O–H groups in total. The molecule has 3 aromatic rings. The van der Waals surface area contributed by atoms with Crippen LogP contribution in [0.2, 0.25) is 18.1 Å². The van der Waals surface area contributed by atoms with Crippen molar-refractivity contribution in [2.75, 3.05) is 13.2 Å². The quantitative estimate of drug-likeness (QED) is 0.234. The first kappa shape index (κ1) is 31.2. The SMILES string of the molecule is Cc1cc(C(CC2CCOCC2)c2ccc(S(=O)(=O)C3CC3)cc2)[nH]c1-c1ccc(C(C)O[Si](C)(C)C(C)(C)C)cn1. The topological polar surface area (TPSA) is 81.3 Å². The second kappa shape index (κ2) is 12.0. The number of aromatic nitrogens is 2. The minimum atomic E-state index is -3.21. The Hall–Kier alpha value is -2.26. The molecular formula is C34H48N2O4SSi. The maximum Gasteiger partial charge on any atom is 0.192 e. The molecule has 6 nitrogen and oxygen atoms in total. The number of nitrogens with one attached hydrogen (secondary N) is 1. The number of ether oxygens (including phenoxy) is 1. The number of aryl methyl sites for hydroxylation is 1. The van der Waals surface area contributed by atoms with E-state index in [0.29, 0.717) is 10.8 Å². The Kier molecular flexibility index (Phi) is 8.92. The van der Waals surface area contributed by atoms with E-state index in [9.17, 15) is 8.42 Å². The van der Waals surface area contributed by atoms with Gasteiger partial charge in [0.25, 0.3) is 0 Å². The molecule has 0 radical (unpaired) electrons. The number of rotatable bonds is 10. The van der Waals surface area contributed by atoms with Crippen molar-refractivity contribution < 1.29 is 17.6 Å². The van der Waals surface area contributed by atoms with Crippen LogP contribution in [0.25, 0.3) is 11.4 Å². The summed E-state index contributed by atoms with van der Waals surface area (Å²) in [6.45, 7) is 17.2. The van der Waals surface area contributed by atoms with Crippen molar-refractivity contribution >= 4 is 18.2 Å². The van der Waals surface area contributed by atoms with E-state index < -0.39 is 18.2 Å². The maximum atomic E-state index is 12.8. The van der Waals surface area contributed by atoms with E-state index >= 15 is 0 Å². The third-order valence-electron chi connectivity index (χ3n) is 9.68. The molecule has 0 bridgehead atoms. The van der Waals surface area contributed by atoms with Crippen LogP contribution in [0.1, 0.15) is 94.2 Å². The Morgan fingerprint density at radius 1 is 1.02 bits per heavy atom. The van der Waals surface area contributed by atoms with Gasteiger partial charge in [0, 0.05) is 31.0 Å². The summed E-state index contributed by atoms with van der Waals surface area (Å²) in [7, 11) is -5.10. The Morgan fingerprint density at radius 2 is 1.67 bits per heavy atom. The summed E-state index contributed by atoms with van der Waals surface area (Å²) in [5.41, 5.74) is 6.47. The maximum absolute atomic E-state index is 12.8. The molecule has 1 aliphatic heterocycles. The molecule has 228 valence electrons. The number of hydrogen-bond donors (Lipinski definition) is 1. The van der Waals surface area contributed by atoms with Crippen LogP contribution in [0.3, 0.4) is 0 Å². The second-order valence-electron chi connectivity index (χ2n) is 13.9. The molecule has 0 amide bonds. The van der Waals surface area contributed by atoms with Crippen molar-refractivity contribution in [3.63, 3.8) is 0 Å². The molecule has 0 spiro atoms. The van der Waals surface area contributed by atoms with E-state index in [1.54, 1.807) is 0 Å². The predicted octanol–water partition coefficient (Wildman–Crippen LogP) is 8.35. The Balaban J connectivity index is 1.40. The molecule has 2 atom stereocenters. The van der Waals surface area contributed by atoms with Gasteiger partial charge in [-0.25, -0.2) is 8.42 Å². The summed E-state index contributed by atoms with van der Waals surface area (Å²) in [4.78, 5) is 9.04. The van der Waals surface area contributed by atoms with Crippen LogP contribution in [-0.2, 0) is 19.0 Å². The van der Waals surface area contributed by atoms with E-state index in [-0.39, 0.29) is 22.3 Å². The first-order valence-corrected chi connectivity index (χ1v) is 20.0. The van der Waals surface area contributed by atoms with Crippen molar-refractivity contribution in [1.29, 1.82) is 0 Å². The highest BCUT2D eigenvalue weighted by Gasteiger charge is 2.39. The number of pyridine rings is 1. The summed E-state index contributed by atoms with van der Waals surface area (Å²) in [5.74, 6) is 0.695. The monoisotopic (exact) mass is 608 g/mol. The lowest BCUT2D eigenvalue weighted by molar-refractivity contribution is 0.0626. The van der Waals surface area contributed by atoms with E-state index in [4.69, 9.17) is 14.1 Å². The lowest BCUT2D eigenvalue weighted by atomic mass is 9.83. The van der Waals surface area contributed by atoms with Gasteiger partial charge in [-0.3, -0.25) is 4.98 Å². The molecule has 2 aromatic heterocycles. The molecule has 2 fully saturated rings. The number of H-pyrrole nitrogens is 1. The smallest absolute Gasteiger partial charge is 0.192 e. The van der Waals surface area contributed by atoms with Gasteiger partial charge in [-0.15, -0.1) is 0 Å². The zero-order valence-corrected chi connectivity index (χ0v) is 28.2. The number of hydrogen-bond acceptors (Lipinski definition) is 5. The summed E-state index contributed by atoms with van der Waals surface area (Å²) < 4.78 is 37.9. The summed E-state index contributed by atoms with van der Waals surface area (Å²) in [6, 6.07) is 14.1. The van der Waals surface area contributed by atoms with Crippen LogP contribution < -0.4 is 0 Å². The zero-order chi connectivity index (χ0) is 30.3. The highest BCUT2D eigenvalue weighted by atomic mass is 32.2.